The smallest absolute Gasteiger partial charge is 0.122 e. The largest absolute Gasteiger partial charge is 0.243 e. The van der Waals surface area contributed by atoms with E-state index in [1.54, 1.807) is 6.92 Å². The van der Waals surface area contributed by atoms with Gasteiger partial charge in [-0.3, -0.25) is 0 Å². The van der Waals surface area contributed by atoms with E-state index in [1.807, 2.05) is 38.1 Å². The van der Waals surface area contributed by atoms with E-state index in [1.165, 1.54) is 5.56 Å². The average molecular weight is 253 g/mol. The van der Waals surface area contributed by atoms with Crippen LogP contribution in [-0.4, -0.2) is 4.87 Å². The fourth-order valence-corrected chi connectivity index (χ4v) is 3.24. The van der Waals surface area contributed by atoms with Crippen molar-refractivity contribution in [3.8, 4) is 0 Å². The van der Waals surface area contributed by atoms with Crippen molar-refractivity contribution in [2.45, 2.75) is 37.7 Å². The summed E-state index contributed by atoms with van der Waals surface area (Å²) in [6.07, 6.45) is -0.914. The molecule has 0 aromatic heterocycles. The molecule has 0 heterocycles. The van der Waals surface area contributed by atoms with E-state index < -0.39 is 6.17 Å². The first-order valence-electron chi connectivity index (χ1n) is 5.94. The number of benzene rings is 1. The molecule has 0 saturated heterocycles. The molecule has 0 nitrogen and oxygen atoms in total. The van der Waals surface area contributed by atoms with Gasteiger partial charge >= 0.3 is 0 Å². The second kappa shape index (κ2) is 4.13. The quantitative estimate of drug-likeness (QED) is 0.524. The number of halogens is 2. The lowest BCUT2D eigenvalue weighted by atomic mass is 10.0. The van der Waals surface area contributed by atoms with Gasteiger partial charge in [-0.15, -0.1) is 11.6 Å². The van der Waals surface area contributed by atoms with Crippen LogP contribution in [0.15, 0.2) is 36.4 Å². The summed E-state index contributed by atoms with van der Waals surface area (Å²) in [5.74, 6) is 0.642. The Labute approximate surface area is 107 Å². The Morgan fingerprint density at radius 1 is 1.41 bits per heavy atom. The van der Waals surface area contributed by atoms with Crippen LogP contribution in [0.4, 0.5) is 4.39 Å². The molecule has 1 fully saturated rings. The molecule has 17 heavy (non-hydrogen) atoms. The van der Waals surface area contributed by atoms with Crippen LogP contribution in [0.25, 0.3) is 0 Å². The Morgan fingerprint density at radius 2 is 1.94 bits per heavy atom. The zero-order valence-corrected chi connectivity index (χ0v) is 11.3. The molecule has 2 heteroatoms. The molecule has 92 valence electrons. The van der Waals surface area contributed by atoms with Crippen molar-refractivity contribution in [1.29, 1.82) is 0 Å². The van der Waals surface area contributed by atoms with E-state index in [0.29, 0.717) is 11.8 Å². The summed E-state index contributed by atoms with van der Waals surface area (Å²) in [6.45, 7) is 9.60. The van der Waals surface area contributed by atoms with E-state index in [0.717, 1.165) is 11.1 Å². The van der Waals surface area contributed by atoms with Crippen molar-refractivity contribution < 1.29 is 4.39 Å². The van der Waals surface area contributed by atoms with Gasteiger partial charge in [0.15, 0.2) is 0 Å². The van der Waals surface area contributed by atoms with E-state index in [-0.39, 0.29) is 4.87 Å². The molecule has 1 aliphatic carbocycles. The number of alkyl halides is 2. The van der Waals surface area contributed by atoms with Gasteiger partial charge < -0.3 is 0 Å². The van der Waals surface area contributed by atoms with E-state index in [2.05, 4.69) is 6.58 Å². The van der Waals surface area contributed by atoms with Crippen molar-refractivity contribution in [3.63, 3.8) is 0 Å². The van der Waals surface area contributed by atoms with E-state index in [4.69, 9.17) is 11.6 Å². The minimum atomic E-state index is -0.914. The van der Waals surface area contributed by atoms with E-state index >= 15 is 0 Å². The van der Waals surface area contributed by atoms with E-state index in [9.17, 15) is 4.39 Å². The first-order valence-corrected chi connectivity index (χ1v) is 6.31. The second-order valence-corrected chi connectivity index (χ2v) is 6.05. The van der Waals surface area contributed by atoms with Crippen LogP contribution in [0.1, 0.15) is 44.0 Å². The standard InChI is InChI=1S/C15H18ClF/c1-9(2)13-14(15(13,4)16)12-7-5-11(6-8-12)10(3)17/h5-8,10,13-14H,1H2,2-4H3. The maximum absolute atomic E-state index is 13.1. The van der Waals surface area contributed by atoms with Crippen molar-refractivity contribution in [2.75, 3.05) is 0 Å². The fourth-order valence-electron chi connectivity index (χ4n) is 2.74. The van der Waals surface area contributed by atoms with Crippen molar-refractivity contribution >= 4 is 11.6 Å². The Kier molecular flexibility index (Phi) is 3.07. The highest BCUT2D eigenvalue weighted by Crippen LogP contribution is 2.64. The van der Waals surface area contributed by atoms with Crippen LogP contribution in [0.2, 0.25) is 0 Å². The molecule has 0 N–H and O–H groups in total. The summed E-state index contributed by atoms with van der Waals surface area (Å²) in [5.41, 5.74) is 3.02. The average Bonchev–Trinajstić information content (AvgIpc) is 2.82. The minimum Gasteiger partial charge on any atom is -0.243 e. The molecule has 0 radical (unpaired) electrons. The van der Waals surface area contributed by atoms with Gasteiger partial charge in [0.05, 0.1) is 4.87 Å². The zero-order chi connectivity index (χ0) is 12.8. The highest BCUT2D eigenvalue weighted by Gasteiger charge is 2.60. The maximum Gasteiger partial charge on any atom is 0.122 e. The number of allylic oxidation sites excluding steroid dienone is 1. The van der Waals surface area contributed by atoms with Gasteiger partial charge in [0.1, 0.15) is 6.17 Å². The third kappa shape index (κ3) is 2.13. The molecule has 0 spiro atoms. The number of hydrogen-bond acceptors (Lipinski definition) is 0. The van der Waals surface area contributed by atoms with Crippen molar-refractivity contribution in [2.24, 2.45) is 5.92 Å². The summed E-state index contributed by atoms with van der Waals surface area (Å²) in [7, 11) is 0. The highest BCUT2D eigenvalue weighted by atomic mass is 35.5. The summed E-state index contributed by atoms with van der Waals surface area (Å²) in [4.78, 5) is -0.227. The maximum atomic E-state index is 13.1. The van der Waals surface area contributed by atoms with Crippen LogP contribution in [0, 0.1) is 5.92 Å². The summed E-state index contributed by atoms with van der Waals surface area (Å²) in [6, 6.07) is 7.67. The summed E-state index contributed by atoms with van der Waals surface area (Å²) < 4.78 is 13.1. The zero-order valence-electron chi connectivity index (χ0n) is 10.5. The third-order valence-electron chi connectivity index (χ3n) is 3.73. The van der Waals surface area contributed by atoms with Crippen molar-refractivity contribution in [3.05, 3.63) is 47.5 Å². The van der Waals surface area contributed by atoms with Gasteiger partial charge in [-0.05, 0) is 31.9 Å². The molecule has 0 bridgehead atoms. The molecule has 4 atom stereocenters. The van der Waals surface area contributed by atoms with Crippen molar-refractivity contribution in [1.82, 2.24) is 0 Å². The molecule has 1 saturated carbocycles. The summed E-state index contributed by atoms with van der Waals surface area (Å²) in [5, 5.41) is 0. The van der Waals surface area contributed by atoms with Gasteiger partial charge in [-0.2, -0.15) is 0 Å². The fraction of sp³-hybridized carbons (Fsp3) is 0.467. The van der Waals surface area contributed by atoms with Gasteiger partial charge in [-0.25, -0.2) is 4.39 Å². The van der Waals surface area contributed by atoms with Gasteiger partial charge in [0, 0.05) is 11.8 Å². The Bertz CT molecular complexity index is 431. The lowest BCUT2D eigenvalue weighted by Crippen LogP contribution is -1.95. The molecular weight excluding hydrogens is 235 g/mol. The highest BCUT2D eigenvalue weighted by molar-refractivity contribution is 6.27. The predicted molar refractivity (Wildman–Crippen MR) is 71.3 cm³/mol. The minimum absolute atomic E-state index is 0.227. The molecule has 1 aromatic rings. The number of rotatable bonds is 3. The van der Waals surface area contributed by atoms with Crippen LogP contribution in [0.3, 0.4) is 0 Å². The summed E-state index contributed by atoms with van der Waals surface area (Å²) >= 11 is 6.47. The predicted octanol–water partition coefficient (Wildman–Crippen LogP) is 5.00. The van der Waals surface area contributed by atoms with Crippen LogP contribution >= 0.6 is 11.6 Å². The Hall–Kier alpha value is -0.820. The topological polar surface area (TPSA) is 0 Å². The lowest BCUT2D eigenvalue weighted by Gasteiger charge is -2.05. The molecule has 4 unspecified atom stereocenters. The van der Waals surface area contributed by atoms with Crippen LogP contribution in [-0.2, 0) is 0 Å². The molecule has 1 aromatic carbocycles. The molecular formula is C15H18ClF. The van der Waals surface area contributed by atoms with Gasteiger partial charge in [-0.1, -0.05) is 36.4 Å². The first kappa shape index (κ1) is 12.6. The van der Waals surface area contributed by atoms with Crippen LogP contribution < -0.4 is 0 Å². The first-order chi connectivity index (χ1) is 7.85. The molecule has 2 rings (SSSR count). The normalized spacial score (nSPS) is 33.2. The molecule has 0 aliphatic heterocycles. The number of hydrogen-bond donors (Lipinski definition) is 0. The Balaban J connectivity index is 2.23. The third-order valence-corrected chi connectivity index (χ3v) is 4.20. The Morgan fingerprint density at radius 3 is 2.29 bits per heavy atom. The van der Waals surface area contributed by atoms with Gasteiger partial charge in [0.25, 0.3) is 0 Å². The molecule has 0 amide bonds. The van der Waals surface area contributed by atoms with Crippen LogP contribution in [0.5, 0.6) is 0 Å². The van der Waals surface area contributed by atoms with Gasteiger partial charge in [0.2, 0.25) is 0 Å². The molecule has 1 aliphatic rings. The lowest BCUT2D eigenvalue weighted by molar-refractivity contribution is 0.374. The second-order valence-electron chi connectivity index (χ2n) is 5.24. The monoisotopic (exact) mass is 252 g/mol. The SMILES string of the molecule is C=C(C)C1C(c2ccc(C(C)F)cc2)C1(C)Cl.